The summed E-state index contributed by atoms with van der Waals surface area (Å²) in [5.74, 6) is 0.187. The Balaban J connectivity index is 1.92. The van der Waals surface area contributed by atoms with Crippen LogP contribution in [-0.2, 0) is 0 Å². The Kier molecular flexibility index (Phi) is 6.72. The SMILES string of the molecule is Cc1ccc(-c2nc(Nc3ccsc3C(=O)NCCN)sc2C(C)C)cc1Cl. The van der Waals surface area contributed by atoms with E-state index in [2.05, 4.69) is 24.5 Å². The molecule has 0 saturated carbocycles. The highest BCUT2D eigenvalue weighted by Crippen LogP contribution is 2.39. The Morgan fingerprint density at radius 3 is 2.79 bits per heavy atom. The molecule has 2 aromatic heterocycles. The molecule has 0 saturated heterocycles. The highest BCUT2D eigenvalue weighted by molar-refractivity contribution is 7.16. The van der Waals surface area contributed by atoms with Crippen molar-refractivity contribution in [1.29, 1.82) is 0 Å². The van der Waals surface area contributed by atoms with Gasteiger partial charge in [-0.1, -0.05) is 37.6 Å². The number of nitrogens with two attached hydrogens (primary N) is 1. The van der Waals surface area contributed by atoms with Crippen LogP contribution in [0.1, 0.15) is 39.9 Å². The number of carbonyl (C=O) groups excluding carboxylic acids is 1. The predicted molar refractivity (Wildman–Crippen MR) is 120 cm³/mol. The molecule has 1 aromatic carbocycles. The van der Waals surface area contributed by atoms with E-state index in [-0.39, 0.29) is 5.91 Å². The first-order chi connectivity index (χ1) is 13.4. The molecule has 3 aromatic rings. The smallest absolute Gasteiger partial charge is 0.263 e. The minimum Gasteiger partial charge on any atom is -0.350 e. The molecule has 1 amide bonds. The van der Waals surface area contributed by atoms with Crippen LogP contribution in [0.5, 0.6) is 0 Å². The van der Waals surface area contributed by atoms with Gasteiger partial charge in [-0.25, -0.2) is 4.98 Å². The fourth-order valence-electron chi connectivity index (χ4n) is 2.69. The number of anilines is 2. The van der Waals surface area contributed by atoms with Crippen LogP contribution in [0.3, 0.4) is 0 Å². The van der Waals surface area contributed by atoms with E-state index in [0.29, 0.717) is 23.9 Å². The number of aryl methyl sites for hydroxylation is 1. The zero-order valence-electron chi connectivity index (χ0n) is 16.0. The molecule has 0 atom stereocenters. The number of hydrogen-bond donors (Lipinski definition) is 3. The van der Waals surface area contributed by atoms with Gasteiger partial charge in [0.2, 0.25) is 0 Å². The van der Waals surface area contributed by atoms with Gasteiger partial charge in [-0.2, -0.15) is 0 Å². The zero-order chi connectivity index (χ0) is 20.3. The quantitative estimate of drug-likeness (QED) is 0.465. The van der Waals surface area contributed by atoms with Crippen molar-refractivity contribution in [2.75, 3.05) is 18.4 Å². The maximum absolute atomic E-state index is 12.3. The Morgan fingerprint density at radius 2 is 2.11 bits per heavy atom. The first-order valence-corrected chi connectivity index (χ1v) is 11.1. The topological polar surface area (TPSA) is 80.0 Å². The molecule has 2 heterocycles. The number of rotatable bonds is 7. The number of benzene rings is 1. The van der Waals surface area contributed by atoms with Gasteiger partial charge in [-0.15, -0.1) is 22.7 Å². The highest BCUT2D eigenvalue weighted by atomic mass is 35.5. The molecule has 3 rings (SSSR count). The monoisotopic (exact) mass is 434 g/mol. The van der Waals surface area contributed by atoms with Crippen molar-refractivity contribution in [3.63, 3.8) is 0 Å². The third kappa shape index (κ3) is 4.55. The number of hydrogen-bond acceptors (Lipinski definition) is 6. The van der Waals surface area contributed by atoms with Gasteiger partial charge in [0.25, 0.3) is 5.91 Å². The van der Waals surface area contributed by atoms with E-state index < -0.39 is 0 Å². The lowest BCUT2D eigenvalue weighted by molar-refractivity contribution is 0.0959. The van der Waals surface area contributed by atoms with Crippen LogP contribution < -0.4 is 16.4 Å². The molecule has 0 unspecified atom stereocenters. The van der Waals surface area contributed by atoms with Crippen LogP contribution in [0.2, 0.25) is 5.02 Å². The summed E-state index contributed by atoms with van der Waals surface area (Å²) in [7, 11) is 0. The van der Waals surface area contributed by atoms with Crippen molar-refractivity contribution in [3.8, 4) is 11.3 Å². The Bertz CT molecular complexity index is 980. The van der Waals surface area contributed by atoms with Gasteiger partial charge >= 0.3 is 0 Å². The van der Waals surface area contributed by atoms with E-state index in [0.717, 1.165) is 32.7 Å². The molecule has 0 aliphatic carbocycles. The Morgan fingerprint density at radius 1 is 1.32 bits per heavy atom. The summed E-state index contributed by atoms with van der Waals surface area (Å²) in [5, 5.41) is 9.49. The predicted octanol–water partition coefficient (Wildman–Crippen LogP) is 5.39. The lowest BCUT2D eigenvalue weighted by Gasteiger charge is -2.06. The first-order valence-electron chi connectivity index (χ1n) is 9.00. The summed E-state index contributed by atoms with van der Waals surface area (Å²) in [4.78, 5) is 18.9. The van der Waals surface area contributed by atoms with Crippen molar-refractivity contribution in [3.05, 3.63) is 50.0 Å². The highest BCUT2D eigenvalue weighted by Gasteiger charge is 2.19. The van der Waals surface area contributed by atoms with E-state index in [1.54, 1.807) is 11.3 Å². The molecule has 0 bridgehead atoms. The van der Waals surface area contributed by atoms with Gasteiger partial charge in [0.05, 0.1) is 11.4 Å². The summed E-state index contributed by atoms with van der Waals surface area (Å²) >= 11 is 9.31. The average Bonchev–Trinajstić information content (AvgIpc) is 3.29. The van der Waals surface area contributed by atoms with E-state index in [1.165, 1.54) is 16.2 Å². The largest absolute Gasteiger partial charge is 0.350 e. The number of carbonyl (C=O) groups is 1. The van der Waals surface area contributed by atoms with E-state index in [4.69, 9.17) is 22.3 Å². The van der Waals surface area contributed by atoms with Crippen LogP contribution in [0.25, 0.3) is 11.3 Å². The standard InChI is InChI=1S/C20H23ClN4OS2/c1-11(2)17-16(13-5-4-12(3)14(21)10-13)25-20(28-17)24-15-6-9-27-18(15)19(26)23-8-7-22/h4-6,9-11H,7-8,22H2,1-3H3,(H,23,26)(H,24,25). The number of nitrogens with zero attached hydrogens (tertiary/aromatic N) is 1. The molecule has 5 nitrogen and oxygen atoms in total. The maximum atomic E-state index is 12.3. The molecule has 8 heteroatoms. The molecule has 0 spiro atoms. The second-order valence-corrected chi connectivity index (χ2v) is 9.04. The van der Waals surface area contributed by atoms with Gasteiger partial charge < -0.3 is 16.4 Å². The van der Waals surface area contributed by atoms with Crippen LogP contribution >= 0.6 is 34.3 Å². The van der Waals surface area contributed by atoms with Gasteiger partial charge in [-0.05, 0) is 35.9 Å². The summed E-state index contributed by atoms with van der Waals surface area (Å²) in [6, 6.07) is 7.90. The molecule has 0 aliphatic rings. The molecular formula is C20H23ClN4OS2. The van der Waals surface area contributed by atoms with Gasteiger partial charge in [0, 0.05) is 28.6 Å². The number of halogens is 1. The third-order valence-corrected chi connectivity index (χ3v) is 6.76. The molecule has 0 radical (unpaired) electrons. The number of aromatic nitrogens is 1. The zero-order valence-corrected chi connectivity index (χ0v) is 18.4. The van der Waals surface area contributed by atoms with Gasteiger partial charge in [0.15, 0.2) is 5.13 Å². The number of thiazole rings is 1. The minimum atomic E-state index is -0.130. The third-order valence-electron chi connectivity index (χ3n) is 4.17. The van der Waals surface area contributed by atoms with E-state index in [1.807, 2.05) is 36.6 Å². The fourth-order valence-corrected chi connectivity index (χ4v) is 4.64. The maximum Gasteiger partial charge on any atom is 0.263 e. The van der Waals surface area contributed by atoms with Gasteiger partial charge in [-0.3, -0.25) is 4.79 Å². The summed E-state index contributed by atoms with van der Waals surface area (Å²) in [6.07, 6.45) is 0. The fraction of sp³-hybridized carbons (Fsp3) is 0.300. The lowest BCUT2D eigenvalue weighted by atomic mass is 10.0. The van der Waals surface area contributed by atoms with Gasteiger partial charge in [0.1, 0.15) is 4.88 Å². The van der Waals surface area contributed by atoms with Crippen molar-refractivity contribution in [1.82, 2.24) is 10.3 Å². The van der Waals surface area contributed by atoms with Crippen LogP contribution in [0, 0.1) is 6.92 Å². The second-order valence-electron chi connectivity index (χ2n) is 6.68. The van der Waals surface area contributed by atoms with Crippen LogP contribution in [-0.4, -0.2) is 24.0 Å². The molecule has 148 valence electrons. The molecule has 0 aliphatic heterocycles. The van der Waals surface area contributed by atoms with Crippen molar-refractivity contribution in [2.24, 2.45) is 5.73 Å². The van der Waals surface area contributed by atoms with Crippen molar-refractivity contribution in [2.45, 2.75) is 26.7 Å². The van der Waals surface area contributed by atoms with Crippen molar-refractivity contribution >= 4 is 51.0 Å². The lowest BCUT2D eigenvalue weighted by Crippen LogP contribution is -2.28. The number of amides is 1. The number of nitrogens with one attached hydrogen (secondary N) is 2. The molecule has 4 N–H and O–H groups in total. The first kappa shape index (κ1) is 20.8. The second kappa shape index (κ2) is 9.05. The summed E-state index contributed by atoms with van der Waals surface area (Å²) < 4.78 is 0. The van der Waals surface area contributed by atoms with Crippen LogP contribution in [0.4, 0.5) is 10.8 Å². The Labute approximate surface area is 178 Å². The van der Waals surface area contributed by atoms with E-state index in [9.17, 15) is 4.79 Å². The normalized spacial score (nSPS) is 11.1. The number of thiophene rings is 1. The molecule has 0 fully saturated rings. The van der Waals surface area contributed by atoms with E-state index >= 15 is 0 Å². The van der Waals surface area contributed by atoms with Crippen molar-refractivity contribution < 1.29 is 4.79 Å². The average molecular weight is 435 g/mol. The minimum absolute atomic E-state index is 0.130. The summed E-state index contributed by atoms with van der Waals surface area (Å²) in [5.41, 5.74) is 9.18. The van der Waals surface area contributed by atoms with Crippen LogP contribution in [0.15, 0.2) is 29.6 Å². The molecule has 28 heavy (non-hydrogen) atoms. The molecular weight excluding hydrogens is 412 g/mol. The Hall–Kier alpha value is -1.93. The summed E-state index contributed by atoms with van der Waals surface area (Å²) in [6.45, 7) is 7.13.